The van der Waals surface area contributed by atoms with Gasteiger partial charge >= 0.3 is 0 Å². The van der Waals surface area contributed by atoms with E-state index in [0.29, 0.717) is 22.3 Å². The van der Waals surface area contributed by atoms with Gasteiger partial charge in [-0.25, -0.2) is 15.0 Å². The van der Waals surface area contributed by atoms with E-state index in [0.717, 1.165) is 23.9 Å². The van der Waals surface area contributed by atoms with Crippen LogP contribution in [0.15, 0.2) is 34.7 Å². The first-order chi connectivity index (χ1) is 12.7. The lowest BCUT2D eigenvalue weighted by Gasteiger charge is -2.34. The van der Waals surface area contributed by atoms with E-state index in [4.69, 9.17) is 17.2 Å². The van der Waals surface area contributed by atoms with Crippen molar-refractivity contribution >= 4 is 40.9 Å². The normalized spacial score (nSPS) is 17.0. The Morgan fingerprint density at radius 2 is 2.12 bits per heavy atom. The van der Waals surface area contributed by atoms with Crippen molar-refractivity contribution in [2.45, 2.75) is 49.3 Å². The number of aromatic nitrogens is 4. The number of hydrogen-bond acceptors (Lipinski definition) is 7. The van der Waals surface area contributed by atoms with E-state index < -0.39 is 0 Å². The van der Waals surface area contributed by atoms with E-state index in [1.54, 1.807) is 18.5 Å². The van der Waals surface area contributed by atoms with Crippen molar-refractivity contribution in [1.82, 2.24) is 25.3 Å². The fraction of sp³-hybridized carbons (Fsp3) is 0.471. The predicted octanol–water partition coefficient (Wildman–Crippen LogP) is 3.10. The summed E-state index contributed by atoms with van der Waals surface area (Å²) >= 11 is 6.70. The second-order valence-corrected chi connectivity index (χ2v) is 7.44. The van der Waals surface area contributed by atoms with Gasteiger partial charge in [0.15, 0.2) is 10.3 Å². The quantitative estimate of drug-likeness (QED) is 0.455. The second kappa shape index (κ2) is 9.09. The topological polar surface area (TPSA) is 78.9 Å². The zero-order chi connectivity index (χ0) is 18.4. The SMILES string of the molecule is CCNC(=S)Nc1nc(Sc2ncccn2)cc(N2CCCCC2C)n1. The van der Waals surface area contributed by atoms with Crippen LogP contribution in [0, 0.1) is 0 Å². The maximum absolute atomic E-state index is 5.28. The molecule has 0 saturated carbocycles. The molecule has 0 amide bonds. The van der Waals surface area contributed by atoms with Crippen molar-refractivity contribution in [2.75, 3.05) is 23.3 Å². The monoisotopic (exact) mass is 389 g/mol. The first-order valence-corrected chi connectivity index (χ1v) is 10.0. The van der Waals surface area contributed by atoms with Gasteiger partial charge in [0.05, 0.1) is 0 Å². The average Bonchev–Trinajstić information content (AvgIpc) is 2.63. The molecular formula is C17H23N7S2. The number of nitrogens with one attached hydrogen (secondary N) is 2. The molecule has 1 aliphatic rings. The lowest BCUT2D eigenvalue weighted by atomic mass is 10.0. The van der Waals surface area contributed by atoms with Gasteiger partial charge in [-0.2, -0.15) is 4.98 Å². The van der Waals surface area contributed by atoms with E-state index in [-0.39, 0.29) is 0 Å². The number of thiocarbonyl (C=S) groups is 1. The van der Waals surface area contributed by atoms with Gasteiger partial charge in [0, 0.05) is 37.6 Å². The molecule has 1 saturated heterocycles. The minimum absolute atomic E-state index is 0.457. The Morgan fingerprint density at radius 1 is 1.31 bits per heavy atom. The van der Waals surface area contributed by atoms with Gasteiger partial charge < -0.3 is 15.5 Å². The zero-order valence-corrected chi connectivity index (χ0v) is 16.6. The van der Waals surface area contributed by atoms with Gasteiger partial charge in [-0.3, -0.25) is 0 Å². The molecule has 0 spiro atoms. The molecular weight excluding hydrogens is 366 g/mol. The van der Waals surface area contributed by atoms with Crippen LogP contribution in [0.1, 0.15) is 33.1 Å². The fourth-order valence-corrected chi connectivity index (χ4v) is 3.79. The first kappa shape index (κ1) is 18.8. The van der Waals surface area contributed by atoms with Crippen molar-refractivity contribution in [3.63, 3.8) is 0 Å². The lowest BCUT2D eigenvalue weighted by Crippen LogP contribution is -2.38. The van der Waals surface area contributed by atoms with Gasteiger partial charge in [-0.1, -0.05) is 0 Å². The van der Waals surface area contributed by atoms with Crippen LogP contribution in [-0.4, -0.2) is 44.2 Å². The van der Waals surface area contributed by atoms with Crippen LogP contribution in [0.4, 0.5) is 11.8 Å². The van der Waals surface area contributed by atoms with Crippen molar-refractivity contribution < 1.29 is 0 Å². The van der Waals surface area contributed by atoms with Crippen molar-refractivity contribution in [2.24, 2.45) is 0 Å². The molecule has 3 rings (SSSR count). The molecule has 2 N–H and O–H groups in total. The minimum Gasteiger partial charge on any atom is -0.363 e. The zero-order valence-electron chi connectivity index (χ0n) is 15.0. The summed E-state index contributed by atoms with van der Waals surface area (Å²) in [6.07, 6.45) is 7.06. The molecule has 0 radical (unpaired) electrons. The van der Waals surface area contributed by atoms with Crippen LogP contribution >= 0.6 is 24.0 Å². The molecule has 7 nitrogen and oxygen atoms in total. The smallest absolute Gasteiger partial charge is 0.232 e. The Bertz CT molecular complexity index is 741. The summed E-state index contributed by atoms with van der Waals surface area (Å²) < 4.78 is 0. The number of nitrogens with zero attached hydrogens (tertiary/aromatic N) is 5. The Morgan fingerprint density at radius 3 is 2.85 bits per heavy atom. The molecule has 9 heteroatoms. The second-order valence-electron chi connectivity index (χ2n) is 6.04. The molecule has 26 heavy (non-hydrogen) atoms. The van der Waals surface area contributed by atoms with Crippen molar-refractivity contribution in [3.8, 4) is 0 Å². The molecule has 3 heterocycles. The molecule has 1 aliphatic heterocycles. The Labute approximate surface area is 163 Å². The highest BCUT2D eigenvalue weighted by molar-refractivity contribution is 7.99. The van der Waals surface area contributed by atoms with Crippen LogP contribution in [-0.2, 0) is 0 Å². The molecule has 0 aromatic carbocycles. The van der Waals surface area contributed by atoms with Gasteiger partial charge in [0.2, 0.25) is 5.95 Å². The molecule has 1 unspecified atom stereocenters. The third-order valence-electron chi connectivity index (χ3n) is 4.09. The molecule has 1 atom stereocenters. The highest BCUT2D eigenvalue weighted by Crippen LogP contribution is 2.29. The van der Waals surface area contributed by atoms with Crippen LogP contribution in [0.3, 0.4) is 0 Å². The van der Waals surface area contributed by atoms with Gasteiger partial charge in [-0.15, -0.1) is 0 Å². The summed E-state index contributed by atoms with van der Waals surface area (Å²) in [5.41, 5.74) is 0. The Balaban J connectivity index is 1.89. The molecule has 0 bridgehead atoms. The van der Waals surface area contributed by atoms with E-state index in [9.17, 15) is 0 Å². The summed E-state index contributed by atoms with van der Waals surface area (Å²) in [5, 5.41) is 8.11. The number of hydrogen-bond donors (Lipinski definition) is 2. The van der Waals surface area contributed by atoms with E-state index >= 15 is 0 Å². The third kappa shape index (κ3) is 5.01. The molecule has 1 fully saturated rings. The number of piperidine rings is 1. The Hall–Kier alpha value is -2.00. The summed E-state index contributed by atoms with van der Waals surface area (Å²) in [4.78, 5) is 20.1. The van der Waals surface area contributed by atoms with Crippen LogP contribution in [0.5, 0.6) is 0 Å². The maximum atomic E-state index is 5.28. The molecule has 2 aromatic rings. The van der Waals surface area contributed by atoms with Crippen molar-refractivity contribution in [1.29, 1.82) is 0 Å². The van der Waals surface area contributed by atoms with E-state index in [1.807, 2.05) is 13.0 Å². The van der Waals surface area contributed by atoms with Gasteiger partial charge in [-0.05, 0) is 63.2 Å². The fourth-order valence-electron chi connectivity index (χ4n) is 2.84. The highest BCUT2D eigenvalue weighted by atomic mass is 32.2. The molecule has 138 valence electrons. The average molecular weight is 390 g/mol. The standard InChI is InChI=1S/C17H23N7S2/c1-3-18-16(25)23-15-21-13(24-10-5-4-7-12(24)2)11-14(22-15)26-17-19-8-6-9-20-17/h6,8-9,11-12H,3-5,7,10H2,1-2H3,(H2,18,21,22,23,25). The summed E-state index contributed by atoms with van der Waals surface area (Å²) in [7, 11) is 0. The molecule has 0 aliphatic carbocycles. The van der Waals surface area contributed by atoms with Gasteiger partial charge in [0.1, 0.15) is 10.8 Å². The third-order valence-corrected chi connectivity index (χ3v) is 5.15. The molecule has 2 aromatic heterocycles. The minimum atomic E-state index is 0.457. The predicted molar refractivity (Wildman–Crippen MR) is 109 cm³/mol. The van der Waals surface area contributed by atoms with Crippen molar-refractivity contribution in [3.05, 3.63) is 24.5 Å². The van der Waals surface area contributed by atoms with E-state index in [2.05, 4.69) is 37.4 Å². The Kier molecular flexibility index (Phi) is 6.56. The van der Waals surface area contributed by atoms with E-state index in [1.165, 1.54) is 31.0 Å². The van der Waals surface area contributed by atoms with Crippen LogP contribution in [0.2, 0.25) is 0 Å². The summed E-state index contributed by atoms with van der Waals surface area (Å²) in [5.74, 6) is 1.40. The van der Waals surface area contributed by atoms with Gasteiger partial charge in [0.25, 0.3) is 0 Å². The number of rotatable bonds is 5. The highest BCUT2D eigenvalue weighted by Gasteiger charge is 2.21. The maximum Gasteiger partial charge on any atom is 0.232 e. The lowest BCUT2D eigenvalue weighted by molar-refractivity contribution is 0.480. The summed E-state index contributed by atoms with van der Waals surface area (Å²) in [6, 6.07) is 4.26. The van der Waals surface area contributed by atoms with Crippen LogP contribution in [0.25, 0.3) is 0 Å². The first-order valence-electron chi connectivity index (χ1n) is 8.81. The summed E-state index contributed by atoms with van der Waals surface area (Å²) in [6.45, 7) is 5.98. The number of anilines is 2. The van der Waals surface area contributed by atoms with Crippen LogP contribution < -0.4 is 15.5 Å². The largest absolute Gasteiger partial charge is 0.363 e.